The number of carbonyl (C=O) groups excluding carboxylic acids is 2. The van der Waals surface area contributed by atoms with Gasteiger partial charge in [0.1, 0.15) is 18.4 Å². The van der Waals surface area contributed by atoms with Crippen LogP contribution in [0.5, 0.6) is 0 Å². The number of alkyl halides is 6. The molecule has 0 saturated heterocycles. The fourth-order valence-electron chi connectivity index (χ4n) is 14.2. The van der Waals surface area contributed by atoms with Crippen molar-refractivity contribution in [2.75, 3.05) is 28.1 Å². The molecular formula is C46H70F6O7. The molecule has 0 heterocycles. The lowest BCUT2D eigenvalue weighted by Crippen LogP contribution is -2.62. The number of aliphatic hydroxyl groups excluding tert-OH is 1. The number of Topliss-reactive ketones (excluding diaryl/α,β-unsaturated/α-hetero) is 2. The van der Waals surface area contributed by atoms with Crippen LogP contribution in [0.4, 0.5) is 26.3 Å². The molecule has 0 aromatic heterocycles. The van der Waals surface area contributed by atoms with E-state index in [2.05, 4.69) is 27.7 Å². The maximum atomic E-state index is 13.8. The highest BCUT2D eigenvalue weighted by atomic mass is 19.4. The van der Waals surface area contributed by atoms with Crippen molar-refractivity contribution in [3.63, 3.8) is 0 Å². The summed E-state index contributed by atoms with van der Waals surface area (Å²) in [6.45, 7) is 15.6. The molecule has 7 nitrogen and oxygen atoms in total. The van der Waals surface area contributed by atoms with Crippen LogP contribution in [0.1, 0.15) is 120 Å². The van der Waals surface area contributed by atoms with E-state index in [9.17, 15) is 41.0 Å². The Kier molecular flexibility index (Phi) is 13.7. The fourth-order valence-corrected chi connectivity index (χ4v) is 14.2. The maximum absolute atomic E-state index is 13.8. The summed E-state index contributed by atoms with van der Waals surface area (Å²) in [6, 6.07) is 0. The zero-order chi connectivity index (χ0) is 44.4. The number of aliphatic hydroxyl groups is 1. The van der Waals surface area contributed by atoms with Gasteiger partial charge in [0.2, 0.25) is 0 Å². The number of carbonyl (C=O) groups is 2. The van der Waals surface area contributed by atoms with Crippen LogP contribution in [0, 0.1) is 68.0 Å². The molecule has 1 N–H and O–H groups in total. The van der Waals surface area contributed by atoms with Gasteiger partial charge in [-0.15, -0.1) is 0 Å². The van der Waals surface area contributed by atoms with Gasteiger partial charge in [-0.1, -0.05) is 53.7 Å². The van der Waals surface area contributed by atoms with E-state index in [1.165, 1.54) is 7.11 Å². The predicted octanol–water partition coefficient (Wildman–Crippen LogP) is 10.5. The van der Waals surface area contributed by atoms with Gasteiger partial charge in [-0.2, -0.15) is 26.3 Å². The zero-order valence-electron chi connectivity index (χ0n) is 37.0. The third-order valence-corrected chi connectivity index (χ3v) is 17.9. The molecule has 6 aliphatic carbocycles. The molecule has 6 aliphatic rings. The number of ether oxygens (including phenoxy) is 4. The molecular weight excluding hydrogens is 778 g/mol. The minimum absolute atomic E-state index is 0.00622. The molecule has 0 aliphatic heterocycles. The van der Waals surface area contributed by atoms with E-state index in [-0.39, 0.29) is 107 Å². The molecule has 6 saturated carbocycles. The first-order valence-corrected chi connectivity index (χ1v) is 21.6. The average molecular weight is 849 g/mol. The van der Waals surface area contributed by atoms with Gasteiger partial charge < -0.3 is 24.1 Å². The quantitative estimate of drug-likeness (QED) is 0.155. The van der Waals surface area contributed by atoms with Crippen molar-refractivity contribution >= 4 is 11.6 Å². The van der Waals surface area contributed by atoms with Crippen molar-refractivity contribution < 1.29 is 60.0 Å². The first-order chi connectivity index (χ1) is 27.2. The number of methoxy groups -OCH3 is 3. The molecule has 6 fully saturated rings. The summed E-state index contributed by atoms with van der Waals surface area (Å²) in [5.74, 6) is -0.435. The smallest absolute Gasteiger partial charge is 0.392 e. The fraction of sp³-hybridized carbons (Fsp3) is 0.870. The number of halogens is 6. The second-order valence-corrected chi connectivity index (χ2v) is 20.4. The van der Waals surface area contributed by atoms with Crippen molar-refractivity contribution in [1.82, 2.24) is 0 Å². The average Bonchev–Trinajstić information content (AvgIpc) is 3.77. The van der Waals surface area contributed by atoms with Crippen LogP contribution in [0.2, 0.25) is 0 Å². The Morgan fingerprint density at radius 3 is 1.44 bits per heavy atom. The molecule has 0 spiro atoms. The van der Waals surface area contributed by atoms with E-state index in [1.807, 2.05) is 13.8 Å². The van der Waals surface area contributed by atoms with Gasteiger partial charge >= 0.3 is 12.4 Å². The number of ketones is 2. The Bertz CT molecular complexity index is 1600. The van der Waals surface area contributed by atoms with E-state index in [0.717, 1.165) is 63.5 Å². The summed E-state index contributed by atoms with van der Waals surface area (Å²) in [5.41, 5.74) is -4.08. The van der Waals surface area contributed by atoms with Crippen LogP contribution in [-0.4, -0.2) is 81.6 Å². The van der Waals surface area contributed by atoms with Gasteiger partial charge in [-0.05, 0) is 113 Å². The van der Waals surface area contributed by atoms with Crippen molar-refractivity contribution in [3.8, 4) is 0 Å². The normalized spacial score (nSPS) is 47.8. The van der Waals surface area contributed by atoms with E-state index in [4.69, 9.17) is 18.9 Å². The highest BCUT2D eigenvalue weighted by molar-refractivity contribution is 5.90. The molecule has 0 amide bonds. The molecule has 16 atom stereocenters. The van der Waals surface area contributed by atoms with E-state index in [1.54, 1.807) is 28.1 Å². The van der Waals surface area contributed by atoms with Gasteiger partial charge in [0.25, 0.3) is 0 Å². The topological polar surface area (TPSA) is 91.3 Å². The third kappa shape index (κ3) is 8.16. The molecule has 13 heteroatoms. The summed E-state index contributed by atoms with van der Waals surface area (Å²) in [6.07, 6.45) is -0.702. The number of rotatable bonds is 7. The summed E-state index contributed by atoms with van der Waals surface area (Å²) < 4.78 is 101. The summed E-state index contributed by atoms with van der Waals surface area (Å²) in [5, 5.41) is 11.4. The molecule has 59 heavy (non-hydrogen) atoms. The van der Waals surface area contributed by atoms with Crippen molar-refractivity contribution in [3.05, 3.63) is 24.3 Å². The van der Waals surface area contributed by atoms with Crippen LogP contribution in [0.25, 0.3) is 0 Å². The van der Waals surface area contributed by atoms with Crippen molar-refractivity contribution in [2.24, 2.45) is 68.0 Å². The third-order valence-electron chi connectivity index (χ3n) is 17.9. The number of hydrogen-bond donors (Lipinski definition) is 1. The van der Waals surface area contributed by atoms with Gasteiger partial charge in [0.05, 0.1) is 24.4 Å². The molecule has 4 bridgehead atoms. The van der Waals surface area contributed by atoms with Gasteiger partial charge in [0.15, 0.2) is 0 Å². The van der Waals surface area contributed by atoms with Crippen molar-refractivity contribution in [2.45, 2.75) is 156 Å². The van der Waals surface area contributed by atoms with Crippen molar-refractivity contribution in [1.29, 1.82) is 0 Å². The highest BCUT2D eigenvalue weighted by Gasteiger charge is 2.69. The molecule has 0 aromatic carbocycles. The van der Waals surface area contributed by atoms with Crippen LogP contribution in [0.15, 0.2) is 24.3 Å². The highest BCUT2D eigenvalue weighted by Crippen LogP contribution is 2.70. The van der Waals surface area contributed by atoms with Gasteiger partial charge in [-0.3, -0.25) is 9.59 Å². The number of allylic oxidation sites excluding steroid dienone is 4. The standard InChI is InChI=1S/C24H37F3O4.C22H33F3O3/c1-15-7-9-23-10-8-17(30-6)19(23)22(15,4)18(31-14-29-5)13-21(3,20(28)16(23)2)11-12-24(25,26)27;1-13-6-8-21-9-7-15(28-5)17(21)20(13,4)16(26)12-19(3,18(27)14(21)2)10-11-22(23,24)25/h11-12,15-19H,7-10,13-14H2,1-6H3;10-11,13-17,26H,6-9,12H2,1-5H3/t15-,16+,17-,18?,19?,21-,22+,23?;13-,14+,15-,16-,17?,19-,20+,21?/m11/s1. The zero-order valence-corrected chi connectivity index (χ0v) is 37.0. The Balaban J connectivity index is 0.000000225. The molecule has 5 unspecified atom stereocenters. The SMILES string of the molecule is COCOC1C[C@@](C)(C=CC(F)(F)F)C(=O)[C@H](C)C23CC[C@@H](C)[C@]1(C)C2[C@H](OC)CC3.CO[C@@H]1CCC23CC[C@@H](C)[C@](C)(C12)[C@H](O)C[C@@](C)(C=CC(F)(F)F)C(=O)[C@@H]3C. The van der Waals surface area contributed by atoms with E-state index < -0.39 is 40.8 Å². The number of hydrogen-bond acceptors (Lipinski definition) is 7. The van der Waals surface area contributed by atoms with Crippen LogP contribution < -0.4 is 0 Å². The lowest BCUT2D eigenvalue weighted by Gasteiger charge is -2.62. The Hall–Kier alpha value is -1.80. The summed E-state index contributed by atoms with van der Waals surface area (Å²) in [4.78, 5) is 27.4. The predicted molar refractivity (Wildman–Crippen MR) is 212 cm³/mol. The van der Waals surface area contributed by atoms with Gasteiger partial charge in [-0.25, -0.2) is 0 Å². The second kappa shape index (κ2) is 16.7. The molecule has 6 rings (SSSR count). The van der Waals surface area contributed by atoms with Gasteiger partial charge in [0, 0.05) is 67.0 Å². The summed E-state index contributed by atoms with van der Waals surface area (Å²) in [7, 11) is 4.94. The first-order valence-electron chi connectivity index (χ1n) is 21.6. The van der Waals surface area contributed by atoms with Crippen LogP contribution in [-0.2, 0) is 28.5 Å². The molecule has 338 valence electrons. The summed E-state index contributed by atoms with van der Waals surface area (Å²) >= 11 is 0. The minimum Gasteiger partial charge on any atom is -0.392 e. The van der Waals surface area contributed by atoms with Crippen LogP contribution in [0.3, 0.4) is 0 Å². The molecule has 0 aromatic rings. The Labute approximate surface area is 347 Å². The maximum Gasteiger partial charge on any atom is 0.409 e. The lowest BCUT2D eigenvalue weighted by molar-refractivity contribution is -0.217. The monoisotopic (exact) mass is 849 g/mol. The first kappa shape index (κ1) is 48.2. The van der Waals surface area contributed by atoms with E-state index in [0.29, 0.717) is 0 Å². The second-order valence-electron chi connectivity index (χ2n) is 20.4. The van der Waals surface area contributed by atoms with Crippen LogP contribution >= 0.6 is 0 Å². The Morgan fingerprint density at radius 1 is 0.644 bits per heavy atom. The minimum atomic E-state index is -4.48. The molecule has 0 radical (unpaired) electrons. The largest absolute Gasteiger partial charge is 0.409 e. The lowest BCUT2D eigenvalue weighted by atomic mass is 9.44. The Morgan fingerprint density at radius 2 is 1.03 bits per heavy atom. The van der Waals surface area contributed by atoms with E-state index >= 15 is 0 Å².